The Balaban J connectivity index is 1.42. The molecule has 0 radical (unpaired) electrons. The first-order chi connectivity index (χ1) is 18.8. The lowest BCUT2D eigenvalue weighted by Gasteiger charge is -2.50. The van der Waals surface area contributed by atoms with Gasteiger partial charge in [-0.15, -0.1) is 0 Å². The summed E-state index contributed by atoms with van der Waals surface area (Å²) in [4.78, 5) is 33.8. The number of carbonyl (C=O) groups excluding carboxylic acids is 2. The minimum absolute atomic E-state index is 0.0489. The van der Waals surface area contributed by atoms with Crippen LogP contribution in [0.1, 0.15) is 56.1 Å². The fourth-order valence-corrected chi connectivity index (χ4v) is 6.58. The van der Waals surface area contributed by atoms with E-state index in [0.29, 0.717) is 25.3 Å². The van der Waals surface area contributed by atoms with Crippen molar-refractivity contribution in [2.24, 2.45) is 5.92 Å². The van der Waals surface area contributed by atoms with Crippen molar-refractivity contribution < 1.29 is 23.8 Å². The number of methoxy groups -OCH3 is 2. The average Bonchev–Trinajstić information content (AvgIpc) is 3.11. The van der Waals surface area contributed by atoms with E-state index in [2.05, 4.69) is 31.1 Å². The van der Waals surface area contributed by atoms with Gasteiger partial charge in [-0.1, -0.05) is 30.7 Å². The van der Waals surface area contributed by atoms with E-state index in [-0.39, 0.29) is 30.8 Å². The van der Waals surface area contributed by atoms with Gasteiger partial charge in [0.25, 0.3) is 5.91 Å². The number of nitrogens with zero attached hydrogens (tertiary/aromatic N) is 3. The van der Waals surface area contributed by atoms with Crippen molar-refractivity contribution in [3.63, 3.8) is 0 Å². The number of urea groups is 1. The molecular formula is C31H41N3O5. The lowest BCUT2D eigenvalue weighted by molar-refractivity contribution is -0.137. The van der Waals surface area contributed by atoms with E-state index in [9.17, 15) is 9.59 Å². The molecule has 0 N–H and O–H groups in total. The summed E-state index contributed by atoms with van der Waals surface area (Å²) in [6.45, 7) is 1.14. The van der Waals surface area contributed by atoms with E-state index in [1.807, 2.05) is 41.3 Å². The normalized spacial score (nSPS) is 25.5. The molecule has 1 aliphatic heterocycles. The number of rotatable bonds is 10. The van der Waals surface area contributed by atoms with Gasteiger partial charge in [0.2, 0.25) is 0 Å². The molecule has 8 nitrogen and oxygen atoms in total. The second-order valence-electron chi connectivity index (χ2n) is 11.5. The van der Waals surface area contributed by atoms with Crippen LogP contribution >= 0.6 is 0 Å². The van der Waals surface area contributed by atoms with Crippen LogP contribution in [-0.2, 0) is 21.6 Å². The average molecular weight is 536 g/mol. The first kappa shape index (κ1) is 27.5. The van der Waals surface area contributed by atoms with Crippen molar-refractivity contribution in [1.82, 2.24) is 14.7 Å². The quantitative estimate of drug-likeness (QED) is 0.315. The van der Waals surface area contributed by atoms with Gasteiger partial charge >= 0.3 is 6.03 Å². The van der Waals surface area contributed by atoms with E-state index >= 15 is 0 Å². The molecule has 2 saturated carbocycles. The molecule has 0 unspecified atom stereocenters. The number of carbonyl (C=O) groups is 2. The van der Waals surface area contributed by atoms with E-state index in [4.69, 9.17) is 14.2 Å². The molecule has 3 fully saturated rings. The van der Waals surface area contributed by atoms with Crippen molar-refractivity contribution in [3.8, 4) is 11.5 Å². The van der Waals surface area contributed by atoms with E-state index in [0.717, 1.165) is 48.3 Å². The van der Waals surface area contributed by atoms with Crippen LogP contribution in [0.15, 0.2) is 48.5 Å². The SMILES string of the molecule is COCOc1cccc(C2(N(C)C)CCC3(CC2)C(=O)N(Cc2ccc(OC)cc2)C(=O)N3CC2CCC2)c1. The summed E-state index contributed by atoms with van der Waals surface area (Å²) in [5.74, 6) is 1.95. The van der Waals surface area contributed by atoms with Crippen LogP contribution in [0.3, 0.4) is 0 Å². The van der Waals surface area contributed by atoms with Gasteiger partial charge in [-0.25, -0.2) is 4.79 Å². The van der Waals surface area contributed by atoms with E-state index < -0.39 is 5.54 Å². The monoisotopic (exact) mass is 535 g/mol. The number of ether oxygens (including phenoxy) is 3. The van der Waals surface area contributed by atoms with Crippen molar-refractivity contribution in [2.75, 3.05) is 41.7 Å². The van der Waals surface area contributed by atoms with Gasteiger partial charge in [-0.3, -0.25) is 14.6 Å². The summed E-state index contributed by atoms with van der Waals surface area (Å²) in [6.07, 6.45) is 6.25. The highest BCUT2D eigenvalue weighted by Gasteiger charge is 2.60. The first-order valence-corrected chi connectivity index (χ1v) is 14.0. The first-order valence-electron chi connectivity index (χ1n) is 14.0. The minimum atomic E-state index is -0.789. The van der Waals surface area contributed by atoms with Crippen LogP contribution in [0.4, 0.5) is 4.79 Å². The Hall–Kier alpha value is -3.10. The van der Waals surface area contributed by atoms with Gasteiger partial charge in [0, 0.05) is 19.2 Å². The maximum Gasteiger partial charge on any atom is 0.327 e. The van der Waals surface area contributed by atoms with Crippen LogP contribution in [0.5, 0.6) is 11.5 Å². The van der Waals surface area contributed by atoms with E-state index in [1.54, 1.807) is 14.2 Å². The molecule has 1 saturated heterocycles. The molecule has 2 aliphatic carbocycles. The Morgan fingerprint density at radius 3 is 2.26 bits per heavy atom. The third kappa shape index (κ3) is 5.00. The predicted molar refractivity (Wildman–Crippen MR) is 148 cm³/mol. The summed E-state index contributed by atoms with van der Waals surface area (Å²) in [5.41, 5.74) is 1.04. The van der Waals surface area contributed by atoms with Crippen molar-refractivity contribution in [2.45, 2.75) is 62.6 Å². The molecule has 5 rings (SSSR count). The largest absolute Gasteiger partial charge is 0.497 e. The molecule has 0 atom stereocenters. The number of amides is 3. The fraction of sp³-hybridized carbons (Fsp3) is 0.548. The molecule has 2 aromatic carbocycles. The standard InChI is InChI=1S/C31H41N3O5/c1-32(2)30(25-9-6-10-27(19-25)39-22-37-3)15-17-31(18-16-30)28(35)33(20-24-11-13-26(38-4)14-12-24)29(36)34(31)21-23-7-5-8-23/h6,9-14,19,23H,5,7-8,15-18,20-22H2,1-4H3. The third-order valence-electron chi connectivity index (χ3n) is 9.26. The molecule has 3 amide bonds. The number of hydrogen-bond acceptors (Lipinski definition) is 6. The van der Waals surface area contributed by atoms with Crippen LogP contribution < -0.4 is 9.47 Å². The second-order valence-corrected chi connectivity index (χ2v) is 11.5. The minimum Gasteiger partial charge on any atom is -0.497 e. The van der Waals surface area contributed by atoms with Crippen molar-refractivity contribution in [3.05, 3.63) is 59.7 Å². The highest BCUT2D eigenvalue weighted by Crippen LogP contribution is 2.50. The van der Waals surface area contributed by atoms with Gasteiger partial charge in [-0.2, -0.15) is 0 Å². The summed E-state index contributed by atoms with van der Waals surface area (Å²) in [6, 6.07) is 15.6. The van der Waals surface area contributed by atoms with Crippen LogP contribution in [0, 0.1) is 5.92 Å². The lowest BCUT2D eigenvalue weighted by Crippen LogP contribution is -2.58. The number of hydrogen-bond donors (Lipinski definition) is 0. The Bertz CT molecular complexity index is 1170. The summed E-state index contributed by atoms with van der Waals surface area (Å²) in [7, 11) is 7.44. The Morgan fingerprint density at radius 1 is 0.949 bits per heavy atom. The van der Waals surface area contributed by atoms with Crippen molar-refractivity contribution >= 4 is 11.9 Å². The molecule has 1 heterocycles. The third-order valence-corrected chi connectivity index (χ3v) is 9.26. The fourth-order valence-electron chi connectivity index (χ4n) is 6.58. The van der Waals surface area contributed by atoms with Crippen LogP contribution in [-0.4, -0.2) is 73.8 Å². The highest BCUT2D eigenvalue weighted by atomic mass is 16.7. The Kier molecular flexibility index (Phi) is 7.87. The lowest BCUT2D eigenvalue weighted by atomic mass is 9.67. The maximum atomic E-state index is 14.2. The van der Waals surface area contributed by atoms with Gasteiger partial charge < -0.3 is 19.1 Å². The maximum absolute atomic E-state index is 14.2. The topological polar surface area (TPSA) is 71.5 Å². The molecule has 0 aromatic heterocycles. The second kappa shape index (κ2) is 11.2. The predicted octanol–water partition coefficient (Wildman–Crippen LogP) is 5.01. The molecule has 3 aliphatic rings. The Labute approximate surface area is 231 Å². The zero-order chi connectivity index (χ0) is 27.6. The molecule has 0 bridgehead atoms. The number of benzene rings is 2. The van der Waals surface area contributed by atoms with Gasteiger partial charge in [0.05, 0.1) is 13.7 Å². The molecule has 210 valence electrons. The molecule has 8 heteroatoms. The smallest absolute Gasteiger partial charge is 0.327 e. The van der Waals surface area contributed by atoms with Gasteiger partial charge in [0.1, 0.15) is 17.0 Å². The summed E-state index contributed by atoms with van der Waals surface area (Å²) >= 11 is 0. The van der Waals surface area contributed by atoms with Gasteiger partial charge in [0.15, 0.2) is 6.79 Å². The van der Waals surface area contributed by atoms with Crippen molar-refractivity contribution in [1.29, 1.82) is 0 Å². The number of imide groups is 1. The Morgan fingerprint density at radius 2 is 1.67 bits per heavy atom. The molecule has 1 spiro atoms. The van der Waals surface area contributed by atoms with Crippen LogP contribution in [0.2, 0.25) is 0 Å². The zero-order valence-corrected chi connectivity index (χ0v) is 23.7. The van der Waals surface area contributed by atoms with Gasteiger partial charge in [-0.05, 0) is 93.9 Å². The zero-order valence-electron chi connectivity index (χ0n) is 23.7. The van der Waals surface area contributed by atoms with E-state index in [1.165, 1.54) is 11.3 Å². The molecule has 39 heavy (non-hydrogen) atoms. The molecular weight excluding hydrogens is 494 g/mol. The summed E-state index contributed by atoms with van der Waals surface area (Å²) in [5, 5.41) is 0. The highest BCUT2D eigenvalue weighted by molar-refractivity contribution is 6.07. The summed E-state index contributed by atoms with van der Waals surface area (Å²) < 4.78 is 16.1. The van der Waals surface area contributed by atoms with Crippen LogP contribution in [0.25, 0.3) is 0 Å². The molecule has 2 aromatic rings.